The van der Waals surface area contributed by atoms with Gasteiger partial charge in [-0.2, -0.15) is 0 Å². The summed E-state index contributed by atoms with van der Waals surface area (Å²) in [6, 6.07) is 33.2. The Hall–Kier alpha value is -4.56. The number of carbonyl (C=O) groups excluding carboxylic acids is 1. The maximum Gasteiger partial charge on any atom is 0.257 e. The molecule has 7 nitrogen and oxygen atoms in total. The van der Waals surface area contributed by atoms with Gasteiger partial charge in [0, 0.05) is 17.3 Å². The molecule has 0 bridgehead atoms. The minimum atomic E-state index is -0.327. The third kappa shape index (κ3) is 8.83. The summed E-state index contributed by atoms with van der Waals surface area (Å²) in [6.45, 7) is 1.61. The number of carbonyl (C=O) groups is 1. The molecule has 0 fully saturated rings. The van der Waals surface area contributed by atoms with Gasteiger partial charge in [-0.05, 0) is 72.9 Å². The van der Waals surface area contributed by atoms with Gasteiger partial charge in [-0.1, -0.05) is 42.5 Å². The number of hydrogen-bond donors (Lipinski definition) is 2. The fourth-order valence-corrected chi connectivity index (χ4v) is 3.59. The van der Waals surface area contributed by atoms with E-state index in [1.165, 1.54) is 0 Å². The number of rotatable bonds is 12. The van der Waals surface area contributed by atoms with Gasteiger partial charge in [0.1, 0.15) is 49.4 Å². The zero-order chi connectivity index (χ0) is 26.4. The Kier molecular flexibility index (Phi) is 9.94. The Morgan fingerprint density at radius 3 is 1.61 bits per heavy atom. The number of anilines is 1. The van der Waals surface area contributed by atoms with Crippen LogP contribution in [0.4, 0.5) is 5.69 Å². The molecule has 0 spiro atoms. The molecule has 0 aliphatic rings. The van der Waals surface area contributed by atoms with Crippen molar-refractivity contribution in [1.29, 1.82) is 0 Å². The van der Waals surface area contributed by atoms with E-state index in [1.54, 1.807) is 30.3 Å². The lowest BCUT2D eigenvalue weighted by Gasteiger charge is -2.12. The van der Waals surface area contributed by atoms with Gasteiger partial charge in [0.05, 0.1) is 0 Å². The van der Waals surface area contributed by atoms with Gasteiger partial charge in [0.15, 0.2) is 5.11 Å². The van der Waals surface area contributed by atoms with Crippen molar-refractivity contribution in [2.75, 3.05) is 31.7 Å². The van der Waals surface area contributed by atoms with Crippen molar-refractivity contribution >= 4 is 28.9 Å². The van der Waals surface area contributed by atoms with Crippen LogP contribution in [0.5, 0.6) is 23.0 Å². The molecule has 1 amide bonds. The van der Waals surface area contributed by atoms with E-state index in [-0.39, 0.29) is 11.0 Å². The molecule has 0 saturated carbocycles. The molecule has 194 valence electrons. The molecule has 0 radical (unpaired) electrons. The lowest BCUT2D eigenvalue weighted by atomic mass is 10.2. The zero-order valence-corrected chi connectivity index (χ0v) is 21.5. The highest BCUT2D eigenvalue weighted by atomic mass is 32.1. The number of nitrogens with one attached hydrogen (secondary N) is 2. The first kappa shape index (κ1) is 26.5. The van der Waals surface area contributed by atoms with Gasteiger partial charge in [-0.15, -0.1) is 0 Å². The summed E-state index contributed by atoms with van der Waals surface area (Å²) in [5, 5.41) is 5.87. The molecule has 8 heteroatoms. The Bertz CT molecular complexity index is 1300. The highest BCUT2D eigenvalue weighted by Gasteiger charge is 2.09. The number of hydrogen-bond acceptors (Lipinski definition) is 6. The monoisotopic (exact) mass is 528 g/mol. The molecule has 4 aromatic carbocycles. The summed E-state index contributed by atoms with van der Waals surface area (Å²) < 4.78 is 22.7. The Labute approximate surface area is 227 Å². The average molecular weight is 529 g/mol. The molecule has 0 aliphatic carbocycles. The van der Waals surface area contributed by atoms with E-state index in [1.807, 2.05) is 78.9 Å². The summed E-state index contributed by atoms with van der Waals surface area (Å²) in [5.41, 5.74) is 1.15. The molecule has 0 heterocycles. The van der Waals surface area contributed by atoms with Crippen molar-refractivity contribution in [1.82, 2.24) is 5.32 Å². The number of para-hydroxylation sites is 2. The van der Waals surface area contributed by atoms with Gasteiger partial charge in [0.25, 0.3) is 5.91 Å². The highest BCUT2D eigenvalue weighted by molar-refractivity contribution is 7.80. The molecule has 4 rings (SSSR count). The van der Waals surface area contributed by atoms with Crippen LogP contribution in [-0.4, -0.2) is 37.4 Å². The van der Waals surface area contributed by atoms with Gasteiger partial charge in [0.2, 0.25) is 0 Å². The molecule has 0 saturated heterocycles. The third-order valence-electron chi connectivity index (χ3n) is 5.16. The number of thiocarbonyl (C=S) groups is 1. The zero-order valence-electron chi connectivity index (χ0n) is 20.7. The average Bonchev–Trinajstić information content (AvgIpc) is 2.95. The largest absolute Gasteiger partial charge is 0.490 e. The van der Waals surface area contributed by atoms with Gasteiger partial charge < -0.3 is 24.3 Å². The fourth-order valence-electron chi connectivity index (χ4n) is 3.38. The predicted octanol–water partition coefficient (Wildman–Crippen LogP) is 5.73. The SMILES string of the molecule is O=C(NC(=S)Nc1cccc(OCCOc2ccccc2)c1)c1ccc(OCCOc2ccccc2)cc1. The lowest BCUT2D eigenvalue weighted by Crippen LogP contribution is -2.34. The van der Waals surface area contributed by atoms with E-state index >= 15 is 0 Å². The normalized spacial score (nSPS) is 10.2. The molecule has 4 aromatic rings. The molecule has 0 aliphatic heterocycles. The summed E-state index contributed by atoms with van der Waals surface area (Å²) in [6.07, 6.45) is 0. The topological polar surface area (TPSA) is 78.1 Å². The molecular weight excluding hydrogens is 500 g/mol. The van der Waals surface area contributed by atoms with E-state index in [2.05, 4.69) is 10.6 Å². The smallest absolute Gasteiger partial charge is 0.257 e. The van der Waals surface area contributed by atoms with Crippen LogP contribution in [-0.2, 0) is 0 Å². The summed E-state index contributed by atoms with van der Waals surface area (Å²) in [4.78, 5) is 12.6. The summed E-state index contributed by atoms with van der Waals surface area (Å²) in [7, 11) is 0. The van der Waals surface area contributed by atoms with E-state index < -0.39 is 0 Å². The summed E-state index contributed by atoms with van der Waals surface area (Å²) >= 11 is 5.31. The van der Waals surface area contributed by atoms with E-state index in [4.69, 9.17) is 31.2 Å². The molecule has 0 aromatic heterocycles. The second-order valence-electron chi connectivity index (χ2n) is 7.98. The fraction of sp³-hybridized carbons (Fsp3) is 0.133. The lowest BCUT2D eigenvalue weighted by molar-refractivity contribution is 0.0977. The van der Waals surface area contributed by atoms with Crippen LogP contribution in [0.3, 0.4) is 0 Å². The van der Waals surface area contributed by atoms with Crippen LogP contribution in [0.25, 0.3) is 0 Å². The van der Waals surface area contributed by atoms with Crippen LogP contribution in [0.15, 0.2) is 109 Å². The van der Waals surface area contributed by atoms with E-state index in [9.17, 15) is 4.79 Å². The third-order valence-corrected chi connectivity index (χ3v) is 5.37. The molecule has 2 N–H and O–H groups in total. The maximum absolute atomic E-state index is 12.6. The molecule has 0 atom stereocenters. The van der Waals surface area contributed by atoms with Gasteiger partial charge >= 0.3 is 0 Å². The predicted molar refractivity (Wildman–Crippen MR) is 151 cm³/mol. The first-order valence-corrected chi connectivity index (χ1v) is 12.5. The minimum Gasteiger partial charge on any atom is -0.490 e. The van der Waals surface area contributed by atoms with Crippen LogP contribution < -0.4 is 29.6 Å². The van der Waals surface area contributed by atoms with E-state index in [0.717, 1.165) is 11.5 Å². The van der Waals surface area contributed by atoms with Crippen LogP contribution >= 0.6 is 12.2 Å². The first-order chi connectivity index (χ1) is 18.7. The minimum absolute atomic E-state index is 0.179. The molecule has 0 unspecified atom stereocenters. The second kappa shape index (κ2) is 14.2. The Morgan fingerprint density at radius 2 is 1.05 bits per heavy atom. The van der Waals surface area contributed by atoms with Crippen LogP contribution in [0.1, 0.15) is 10.4 Å². The first-order valence-electron chi connectivity index (χ1n) is 12.1. The van der Waals surface area contributed by atoms with Crippen LogP contribution in [0, 0.1) is 0 Å². The van der Waals surface area contributed by atoms with Gasteiger partial charge in [-0.25, -0.2) is 0 Å². The van der Waals surface area contributed by atoms with Crippen molar-refractivity contribution in [3.05, 3.63) is 115 Å². The number of amides is 1. The highest BCUT2D eigenvalue weighted by Crippen LogP contribution is 2.18. The van der Waals surface area contributed by atoms with Crippen LogP contribution in [0.2, 0.25) is 0 Å². The number of benzene rings is 4. The molecular formula is C30H28N2O5S. The van der Waals surface area contributed by atoms with E-state index in [0.29, 0.717) is 49.2 Å². The van der Waals surface area contributed by atoms with Crippen molar-refractivity contribution in [3.63, 3.8) is 0 Å². The second-order valence-corrected chi connectivity index (χ2v) is 8.39. The Morgan fingerprint density at radius 1 is 0.579 bits per heavy atom. The van der Waals surface area contributed by atoms with Crippen molar-refractivity contribution in [2.24, 2.45) is 0 Å². The van der Waals surface area contributed by atoms with Crippen molar-refractivity contribution < 1.29 is 23.7 Å². The van der Waals surface area contributed by atoms with Crippen molar-refractivity contribution in [2.45, 2.75) is 0 Å². The quantitative estimate of drug-likeness (QED) is 0.180. The Balaban J connectivity index is 1.17. The molecule has 38 heavy (non-hydrogen) atoms. The van der Waals surface area contributed by atoms with Crippen molar-refractivity contribution in [3.8, 4) is 23.0 Å². The van der Waals surface area contributed by atoms with Gasteiger partial charge in [-0.3, -0.25) is 10.1 Å². The standard InChI is InChI=1S/C30H28N2O5S/c33-29(23-14-16-27(17-15-23)36-19-18-34-25-9-3-1-4-10-25)32-30(38)31-24-8-7-13-28(22-24)37-21-20-35-26-11-5-2-6-12-26/h1-17,22H,18-21H2,(H2,31,32,33,38). The maximum atomic E-state index is 12.6. The number of ether oxygens (including phenoxy) is 4. The summed E-state index contributed by atoms with van der Waals surface area (Å²) in [5.74, 6) is 2.56.